The number of piperidine rings is 1. The molecule has 7 nitrogen and oxygen atoms in total. The van der Waals surface area contributed by atoms with Gasteiger partial charge in [0.1, 0.15) is 5.75 Å². The van der Waals surface area contributed by atoms with E-state index >= 15 is 0 Å². The zero-order valence-electron chi connectivity index (χ0n) is 15.3. The molecule has 0 radical (unpaired) electrons. The molecule has 0 saturated carbocycles. The highest BCUT2D eigenvalue weighted by Gasteiger charge is 2.36. The van der Waals surface area contributed by atoms with Crippen molar-refractivity contribution in [3.63, 3.8) is 0 Å². The van der Waals surface area contributed by atoms with E-state index in [-0.39, 0.29) is 30.4 Å². The summed E-state index contributed by atoms with van der Waals surface area (Å²) in [6.07, 6.45) is 0.629. The highest BCUT2D eigenvalue weighted by atomic mass is 16.5. The van der Waals surface area contributed by atoms with Crippen molar-refractivity contribution in [3.05, 3.63) is 29.8 Å². The molecule has 2 fully saturated rings. The molecule has 1 N–H and O–H groups in total. The maximum Gasteiger partial charge on any atom is 0.253 e. The highest BCUT2D eigenvalue weighted by Crippen LogP contribution is 2.24. The Hall–Kier alpha value is -2.12. The minimum atomic E-state index is -0.626. The number of methoxy groups -OCH3 is 1. The van der Waals surface area contributed by atoms with Crippen LogP contribution in [0.2, 0.25) is 0 Å². The van der Waals surface area contributed by atoms with E-state index in [2.05, 4.69) is 0 Å². The Labute approximate surface area is 153 Å². The normalized spacial score (nSPS) is 23.7. The lowest BCUT2D eigenvalue weighted by Crippen LogP contribution is -2.49. The molecule has 2 atom stereocenters. The van der Waals surface area contributed by atoms with Crippen LogP contribution in [0.1, 0.15) is 23.2 Å². The smallest absolute Gasteiger partial charge is 0.253 e. The standard InChI is InChI=1S/C19H26N2O5/c1-20(16-11-26-12-17(16)22)18(23)13-6-8-21(9-7-13)19(24)14-4-3-5-15(10-14)25-2/h3-5,10,13,16-17,22H,6-9,11-12H2,1-2H3/t16-,17-/m0/s1. The molecule has 2 heterocycles. The maximum atomic E-state index is 12.7. The fourth-order valence-corrected chi connectivity index (χ4v) is 3.62. The van der Waals surface area contributed by atoms with Crippen molar-refractivity contribution >= 4 is 11.8 Å². The monoisotopic (exact) mass is 362 g/mol. The van der Waals surface area contributed by atoms with Crippen LogP contribution in [0.3, 0.4) is 0 Å². The fourth-order valence-electron chi connectivity index (χ4n) is 3.62. The van der Waals surface area contributed by atoms with Gasteiger partial charge in [-0.3, -0.25) is 9.59 Å². The number of carbonyl (C=O) groups is 2. The van der Waals surface area contributed by atoms with Gasteiger partial charge in [0, 0.05) is 31.6 Å². The van der Waals surface area contributed by atoms with Gasteiger partial charge in [0.15, 0.2) is 0 Å². The van der Waals surface area contributed by atoms with Crippen LogP contribution in [0.4, 0.5) is 0 Å². The summed E-state index contributed by atoms with van der Waals surface area (Å²) < 4.78 is 10.4. The number of aliphatic hydroxyl groups excluding tert-OH is 1. The van der Waals surface area contributed by atoms with E-state index in [0.717, 1.165) is 0 Å². The molecule has 142 valence electrons. The number of ether oxygens (including phenoxy) is 2. The SMILES string of the molecule is COc1cccc(C(=O)N2CCC(C(=O)N(C)[C@H]3COC[C@@H]3O)CC2)c1. The van der Waals surface area contributed by atoms with E-state index in [1.165, 1.54) is 0 Å². The number of hydrogen-bond donors (Lipinski definition) is 1. The van der Waals surface area contributed by atoms with Gasteiger partial charge in [0.25, 0.3) is 5.91 Å². The zero-order chi connectivity index (χ0) is 18.7. The molecular formula is C19H26N2O5. The van der Waals surface area contributed by atoms with Crippen molar-refractivity contribution in [2.75, 3.05) is 40.5 Å². The van der Waals surface area contributed by atoms with Crippen LogP contribution in [0.25, 0.3) is 0 Å². The van der Waals surface area contributed by atoms with Crippen molar-refractivity contribution in [2.24, 2.45) is 5.92 Å². The first-order valence-corrected chi connectivity index (χ1v) is 8.97. The molecule has 0 spiro atoms. The summed E-state index contributed by atoms with van der Waals surface area (Å²) >= 11 is 0. The van der Waals surface area contributed by atoms with Gasteiger partial charge in [-0.25, -0.2) is 0 Å². The lowest BCUT2D eigenvalue weighted by Gasteiger charge is -2.35. The summed E-state index contributed by atoms with van der Waals surface area (Å²) in [6, 6.07) is 6.83. The maximum absolute atomic E-state index is 12.7. The first-order valence-electron chi connectivity index (χ1n) is 8.97. The second kappa shape index (κ2) is 8.05. The Morgan fingerprint density at radius 2 is 2.00 bits per heavy atom. The Kier molecular flexibility index (Phi) is 5.78. The van der Waals surface area contributed by atoms with E-state index in [0.29, 0.717) is 43.9 Å². The summed E-state index contributed by atoms with van der Waals surface area (Å²) in [6.45, 7) is 1.74. The third-order valence-electron chi connectivity index (χ3n) is 5.31. The quantitative estimate of drug-likeness (QED) is 0.856. The molecule has 2 aliphatic rings. The molecule has 0 aromatic heterocycles. The van der Waals surface area contributed by atoms with Crippen LogP contribution >= 0.6 is 0 Å². The average Bonchev–Trinajstić information content (AvgIpc) is 3.12. The second-order valence-corrected chi connectivity index (χ2v) is 6.92. The number of hydrogen-bond acceptors (Lipinski definition) is 5. The largest absolute Gasteiger partial charge is 0.497 e. The predicted octanol–water partition coefficient (Wildman–Crippen LogP) is 0.765. The van der Waals surface area contributed by atoms with E-state index in [4.69, 9.17) is 9.47 Å². The molecule has 0 bridgehead atoms. The first-order chi connectivity index (χ1) is 12.5. The van der Waals surface area contributed by atoms with Crippen molar-refractivity contribution in [3.8, 4) is 5.75 Å². The van der Waals surface area contributed by atoms with Gasteiger partial charge in [0.2, 0.25) is 5.91 Å². The third-order valence-corrected chi connectivity index (χ3v) is 5.31. The van der Waals surface area contributed by atoms with E-state index < -0.39 is 6.10 Å². The molecule has 7 heteroatoms. The highest BCUT2D eigenvalue weighted by molar-refractivity contribution is 5.94. The molecule has 2 aliphatic heterocycles. The van der Waals surface area contributed by atoms with Crippen molar-refractivity contribution in [1.82, 2.24) is 9.80 Å². The van der Waals surface area contributed by atoms with E-state index in [1.54, 1.807) is 48.2 Å². The van der Waals surface area contributed by atoms with Crippen molar-refractivity contribution in [2.45, 2.75) is 25.0 Å². The molecule has 2 amide bonds. The first kappa shape index (κ1) is 18.7. The summed E-state index contributed by atoms with van der Waals surface area (Å²) in [5.74, 6) is 0.512. The van der Waals surface area contributed by atoms with Crippen LogP contribution < -0.4 is 4.74 Å². The number of rotatable bonds is 4. The zero-order valence-corrected chi connectivity index (χ0v) is 15.3. The molecule has 2 saturated heterocycles. The molecule has 1 aromatic rings. The van der Waals surface area contributed by atoms with Crippen LogP contribution in [0.5, 0.6) is 5.75 Å². The van der Waals surface area contributed by atoms with Gasteiger partial charge in [-0.15, -0.1) is 0 Å². The van der Waals surface area contributed by atoms with Gasteiger partial charge < -0.3 is 24.4 Å². The number of likely N-dealkylation sites (N-methyl/N-ethyl adjacent to an activating group) is 1. The topological polar surface area (TPSA) is 79.3 Å². The van der Waals surface area contributed by atoms with Gasteiger partial charge in [-0.05, 0) is 31.0 Å². The molecule has 1 aromatic carbocycles. The Morgan fingerprint density at radius 3 is 2.62 bits per heavy atom. The number of amides is 2. The predicted molar refractivity (Wildman–Crippen MR) is 95.0 cm³/mol. The van der Waals surface area contributed by atoms with Gasteiger partial charge in [-0.2, -0.15) is 0 Å². The second-order valence-electron chi connectivity index (χ2n) is 6.92. The minimum absolute atomic E-state index is 0.0213. The van der Waals surface area contributed by atoms with Crippen LogP contribution in [-0.4, -0.2) is 79.3 Å². The van der Waals surface area contributed by atoms with E-state index in [9.17, 15) is 14.7 Å². The summed E-state index contributed by atoms with van der Waals surface area (Å²) in [5.41, 5.74) is 0.595. The van der Waals surface area contributed by atoms with Crippen LogP contribution in [-0.2, 0) is 9.53 Å². The number of aliphatic hydroxyl groups is 1. The Bertz CT molecular complexity index is 657. The lowest BCUT2D eigenvalue weighted by molar-refractivity contribution is -0.139. The van der Waals surface area contributed by atoms with Crippen molar-refractivity contribution < 1.29 is 24.2 Å². The van der Waals surface area contributed by atoms with Crippen molar-refractivity contribution in [1.29, 1.82) is 0 Å². The summed E-state index contributed by atoms with van der Waals surface area (Å²) in [4.78, 5) is 28.8. The number of benzene rings is 1. The summed E-state index contributed by atoms with van der Waals surface area (Å²) in [5, 5.41) is 9.91. The number of likely N-dealkylation sites (tertiary alicyclic amines) is 1. The van der Waals surface area contributed by atoms with E-state index in [1.807, 2.05) is 0 Å². The molecule has 3 rings (SSSR count). The fraction of sp³-hybridized carbons (Fsp3) is 0.579. The van der Waals surface area contributed by atoms with Gasteiger partial charge >= 0.3 is 0 Å². The third kappa shape index (κ3) is 3.83. The Balaban J connectivity index is 1.56. The van der Waals surface area contributed by atoms with Gasteiger partial charge in [-0.1, -0.05) is 6.07 Å². The number of nitrogens with zero attached hydrogens (tertiary/aromatic N) is 2. The molecule has 0 aliphatic carbocycles. The number of carbonyl (C=O) groups excluding carboxylic acids is 2. The van der Waals surface area contributed by atoms with Crippen LogP contribution in [0.15, 0.2) is 24.3 Å². The van der Waals surface area contributed by atoms with Gasteiger partial charge in [0.05, 0.1) is 32.5 Å². The lowest BCUT2D eigenvalue weighted by atomic mass is 9.94. The average molecular weight is 362 g/mol. The van der Waals surface area contributed by atoms with Crippen LogP contribution in [0, 0.1) is 5.92 Å². The molecular weight excluding hydrogens is 336 g/mol. The summed E-state index contributed by atoms with van der Waals surface area (Å²) in [7, 11) is 3.29. The minimum Gasteiger partial charge on any atom is -0.497 e. The molecule has 0 unspecified atom stereocenters. The Morgan fingerprint density at radius 1 is 1.27 bits per heavy atom. The molecule has 26 heavy (non-hydrogen) atoms.